The Morgan fingerprint density at radius 3 is 2.92 bits per heavy atom. The third-order valence-electron chi connectivity index (χ3n) is 1.72. The van der Waals surface area contributed by atoms with Gasteiger partial charge in [-0.2, -0.15) is 15.4 Å². The minimum absolute atomic E-state index is 0.0662. The van der Waals surface area contributed by atoms with E-state index in [2.05, 4.69) is 20.7 Å². The summed E-state index contributed by atoms with van der Waals surface area (Å²) in [5.41, 5.74) is 0.561. The van der Waals surface area contributed by atoms with Crippen molar-refractivity contribution in [2.75, 3.05) is 6.54 Å². The number of amides is 3. The average molecular weight is 181 g/mol. The van der Waals surface area contributed by atoms with Gasteiger partial charge in [-0.05, 0) is 0 Å². The molecule has 1 fully saturated rings. The second kappa shape index (κ2) is 2.85. The summed E-state index contributed by atoms with van der Waals surface area (Å²) in [6.45, 7) is 0.234. The number of H-pyrrole nitrogens is 1. The lowest BCUT2D eigenvalue weighted by molar-refractivity contribution is -0.125. The van der Waals surface area contributed by atoms with Crippen molar-refractivity contribution in [3.8, 4) is 0 Å². The molecule has 1 aromatic rings. The summed E-state index contributed by atoms with van der Waals surface area (Å²) in [4.78, 5) is 23.2. The highest BCUT2D eigenvalue weighted by Crippen LogP contribution is 2.04. The Labute approximate surface area is 73.1 Å². The van der Waals surface area contributed by atoms with Gasteiger partial charge in [0.1, 0.15) is 5.69 Å². The van der Waals surface area contributed by atoms with Gasteiger partial charge in [-0.15, -0.1) is 0 Å². The molecule has 13 heavy (non-hydrogen) atoms. The highest BCUT2D eigenvalue weighted by atomic mass is 16.2. The summed E-state index contributed by atoms with van der Waals surface area (Å²) in [7, 11) is 0. The summed E-state index contributed by atoms with van der Waals surface area (Å²) in [6, 6.07) is -0.381. The molecule has 2 heterocycles. The van der Waals surface area contributed by atoms with Crippen LogP contribution in [0.5, 0.6) is 0 Å². The average Bonchev–Trinajstić information content (AvgIpc) is 2.70. The number of imide groups is 1. The van der Waals surface area contributed by atoms with E-state index in [1.165, 1.54) is 6.20 Å². The molecule has 0 atom stereocenters. The van der Waals surface area contributed by atoms with Crippen LogP contribution in [-0.2, 0) is 11.3 Å². The summed E-state index contributed by atoms with van der Waals surface area (Å²) < 4.78 is 0. The van der Waals surface area contributed by atoms with E-state index in [1.54, 1.807) is 0 Å². The van der Waals surface area contributed by atoms with Gasteiger partial charge in [-0.1, -0.05) is 0 Å². The minimum atomic E-state index is -0.381. The van der Waals surface area contributed by atoms with Gasteiger partial charge < -0.3 is 5.32 Å². The first-order valence-corrected chi connectivity index (χ1v) is 3.70. The van der Waals surface area contributed by atoms with E-state index in [1.807, 2.05) is 0 Å². The number of carbonyl (C=O) groups is 2. The third kappa shape index (κ3) is 1.35. The SMILES string of the molecule is O=C1CNC(=O)N1Cc1cn[nH]n1. The number of nitrogens with one attached hydrogen (secondary N) is 2. The van der Waals surface area contributed by atoms with E-state index in [4.69, 9.17) is 0 Å². The molecule has 1 saturated heterocycles. The first kappa shape index (κ1) is 7.71. The Morgan fingerprint density at radius 2 is 2.38 bits per heavy atom. The Hall–Kier alpha value is -1.92. The van der Waals surface area contributed by atoms with Crippen LogP contribution in [0.4, 0.5) is 4.79 Å². The van der Waals surface area contributed by atoms with E-state index in [9.17, 15) is 9.59 Å². The lowest BCUT2D eigenvalue weighted by Gasteiger charge is -2.08. The number of aromatic amines is 1. The molecule has 0 saturated carbocycles. The largest absolute Gasteiger partial charge is 0.329 e. The number of nitrogens with zero attached hydrogens (tertiary/aromatic N) is 3. The Bertz CT molecular complexity index is 317. The quantitative estimate of drug-likeness (QED) is 0.564. The van der Waals surface area contributed by atoms with Crippen LogP contribution in [0.15, 0.2) is 6.20 Å². The fraction of sp³-hybridized carbons (Fsp3) is 0.333. The molecule has 68 valence electrons. The van der Waals surface area contributed by atoms with Crippen LogP contribution in [0.2, 0.25) is 0 Å². The number of hydrogen-bond donors (Lipinski definition) is 2. The van der Waals surface area contributed by atoms with Crippen LogP contribution >= 0.6 is 0 Å². The molecular formula is C6H7N5O2. The van der Waals surface area contributed by atoms with Crippen molar-refractivity contribution in [1.29, 1.82) is 0 Å². The van der Waals surface area contributed by atoms with Crippen molar-refractivity contribution < 1.29 is 9.59 Å². The topological polar surface area (TPSA) is 91.0 Å². The van der Waals surface area contributed by atoms with Crippen molar-refractivity contribution in [3.05, 3.63) is 11.9 Å². The molecule has 1 aliphatic heterocycles. The molecule has 0 aliphatic carbocycles. The molecule has 7 heteroatoms. The highest BCUT2D eigenvalue weighted by molar-refractivity contribution is 6.01. The maximum absolute atomic E-state index is 11.1. The van der Waals surface area contributed by atoms with Gasteiger partial charge >= 0.3 is 6.03 Å². The van der Waals surface area contributed by atoms with Crippen molar-refractivity contribution in [3.63, 3.8) is 0 Å². The Kier molecular flexibility index (Phi) is 1.69. The second-order valence-corrected chi connectivity index (χ2v) is 2.60. The van der Waals surface area contributed by atoms with Crippen molar-refractivity contribution in [2.24, 2.45) is 0 Å². The number of carbonyl (C=O) groups excluding carboxylic acids is 2. The van der Waals surface area contributed by atoms with Crippen LogP contribution in [0.3, 0.4) is 0 Å². The maximum atomic E-state index is 11.1. The van der Waals surface area contributed by atoms with Crippen LogP contribution in [-0.4, -0.2) is 38.8 Å². The number of urea groups is 1. The zero-order valence-electron chi connectivity index (χ0n) is 6.65. The summed E-state index contributed by atoms with van der Waals surface area (Å²) in [5.74, 6) is -0.243. The van der Waals surface area contributed by atoms with Crippen molar-refractivity contribution in [1.82, 2.24) is 25.6 Å². The fourth-order valence-electron chi connectivity index (χ4n) is 1.08. The van der Waals surface area contributed by atoms with Gasteiger partial charge in [-0.3, -0.25) is 9.69 Å². The molecule has 0 unspecified atom stereocenters. The first-order chi connectivity index (χ1) is 6.27. The summed E-state index contributed by atoms with van der Waals surface area (Å²) in [6.07, 6.45) is 1.47. The molecular weight excluding hydrogens is 174 g/mol. The standard InChI is InChI=1S/C6H7N5O2/c12-5-2-7-6(13)11(5)3-4-1-8-10-9-4/h1H,2-3H2,(H,7,13)(H,8,9,10). The lowest BCUT2D eigenvalue weighted by atomic mass is 10.4. The maximum Gasteiger partial charge on any atom is 0.324 e. The van der Waals surface area contributed by atoms with Crippen molar-refractivity contribution in [2.45, 2.75) is 6.54 Å². The van der Waals surface area contributed by atoms with E-state index < -0.39 is 0 Å². The number of rotatable bonds is 2. The summed E-state index contributed by atoms with van der Waals surface area (Å²) in [5, 5.41) is 12.1. The van der Waals surface area contributed by atoms with E-state index in [-0.39, 0.29) is 25.0 Å². The Balaban J connectivity index is 2.09. The second-order valence-electron chi connectivity index (χ2n) is 2.60. The predicted octanol–water partition coefficient (Wildman–Crippen LogP) is -1.14. The summed E-state index contributed by atoms with van der Waals surface area (Å²) >= 11 is 0. The zero-order valence-corrected chi connectivity index (χ0v) is 6.65. The predicted molar refractivity (Wildman–Crippen MR) is 40.3 cm³/mol. The van der Waals surface area contributed by atoms with Gasteiger partial charge in [0, 0.05) is 0 Å². The van der Waals surface area contributed by atoms with Gasteiger partial charge in [0.25, 0.3) is 0 Å². The smallest absolute Gasteiger partial charge is 0.324 e. The molecule has 7 nitrogen and oxygen atoms in total. The van der Waals surface area contributed by atoms with E-state index >= 15 is 0 Å². The zero-order chi connectivity index (χ0) is 9.26. The molecule has 0 aromatic carbocycles. The molecule has 2 rings (SSSR count). The third-order valence-corrected chi connectivity index (χ3v) is 1.72. The molecule has 1 aromatic heterocycles. The van der Waals surface area contributed by atoms with Crippen molar-refractivity contribution >= 4 is 11.9 Å². The van der Waals surface area contributed by atoms with Gasteiger partial charge in [-0.25, -0.2) is 4.79 Å². The normalized spacial score (nSPS) is 16.5. The molecule has 0 radical (unpaired) electrons. The monoisotopic (exact) mass is 181 g/mol. The molecule has 0 bridgehead atoms. The molecule has 2 N–H and O–H groups in total. The minimum Gasteiger partial charge on any atom is -0.329 e. The first-order valence-electron chi connectivity index (χ1n) is 3.70. The Morgan fingerprint density at radius 1 is 1.54 bits per heavy atom. The highest BCUT2D eigenvalue weighted by Gasteiger charge is 2.28. The number of aromatic nitrogens is 3. The van der Waals surface area contributed by atoms with E-state index in [0.29, 0.717) is 5.69 Å². The van der Waals surface area contributed by atoms with E-state index in [0.717, 1.165) is 4.90 Å². The van der Waals surface area contributed by atoms with Crippen LogP contribution in [0, 0.1) is 0 Å². The number of hydrogen-bond acceptors (Lipinski definition) is 4. The molecule has 3 amide bonds. The van der Waals surface area contributed by atoms with Gasteiger partial charge in [0.2, 0.25) is 5.91 Å². The lowest BCUT2D eigenvalue weighted by Crippen LogP contribution is -2.30. The van der Waals surface area contributed by atoms with Crippen LogP contribution in [0.1, 0.15) is 5.69 Å². The van der Waals surface area contributed by atoms with Gasteiger partial charge in [0.15, 0.2) is 0 Å². The molecule has 1 aliphatic rings. The van der Waals surface area contributed by atoms with Crippen LogP contribution in [0.25, 0.3) is 0 Å². The van der Waals surface area contributed by atoms with Gasteiger partial charge in [0.05, 0.1) is 19.3 Å². The fourth-order valence-corrected chi connectivity index (χ4v) is 1.08. The van der Waals surface area contributed by atoms with Crippen LogP contribution < -0.4 is 5.32 Å². The molecule has 0 spiro atoms.